The molecule has 2 heterocycles. The van der Waals surface area contributed by atoms with E-state index in [9.17, 15) is 4.79 Å². The van der Waals surface area contributed by atoms with Crippen LogP contribution in [0.3, 0.4) is 0 Å². The molecule has 1 aromatic heterocycles. The van der Waals surface area contributed by atoms with Crippen molar-refractivity contribution in [3.8, 4) is 0 Å². The minimum Gasteiger partial charge on any atom is -0.352 e. The van der Waals surface area contributed by atoms with Crippen LogP contribution in [0.5, 0.6) is 0 Å². The minimum atomic E-state index is -0.270. The third-order valence-electron chi connectivity index (χ3n) is 5.32. The van der Waals surface area contributed by atoms with Crippen molar-refractivity contribution in [2.45, 2.75) is 90.9 Å². The molecule has 1 aliphatic rings. The van der Waals surface area contributed by atoms with Crippen LogP contribution in [0.1, 0.15) is 90.2 Å². The van der Waals surface area contributed by atoms with Crippen LogP contribution >= 0.6 is 0 Å². The predicted molar refractivity (Wildman–Crippen MR) is 114 cm³/mol. The number of rotatable bonds is 11. The summed E-state index contributed by atoms with van der Waals surface area (Å²) in [5, 5.41) is 0. The average molecular weight is 372 g/mol. The minimum absolute atomic E-state index is 0.270. The molecule has 1 aromatic rings. The second kappa shape index (κ2) is 12.5. The van der Waals surface area contributed by atoms with Crippen molar-refractivity contribution in [2.75, 3.05) is 6.54 Å². The summed E-state index contributed by atoms with van der Waals surface area (Å²) >= 11 is 0. The summed E-state index contributed by atoms with van der Waals surface area (Å²) in [6.07, 6.45) is 20.9. The molecule has 0 spiro atoms. The van der Waals surface area contributed by atoms with Crippen LogP contribution in [-0.2, 0) is 6.42 Å². The highest BCUT2D eigenvalue weighted by Crippen LogP contribution is 2.29. The van der Waals surface area contributed by atoms with Crippen LogP contribution in [0.4, 0.5) is 0 Å². The topological polar surface area (TPSA) is 49.0 Å². The molecule has 0 radical (unpaired) electrons. The van der Waals surface area contributed by atoms with Crippen LogP contribution in [0.25, 0.3) is 0 Å². The van der Waals surface area contributed by atoms with E-state index in [1.54, 1.807) is 17.5 Å². The highest BCUT2D eigenvalue weighted by Gasteiger charge is 2.17. The van der Waals surface area contributed by atoms with Crippen molar-refractivity contribution in [1.82, 2.24) is 14.9 Å². The Balaban J connectivity index is 2.08. The zero-order valence-electron chi connectivity index (χ0n) is 17.3. The van der Waals surface area contributed by atoms with Crippen LogP contribution in [0.2, 0.25) is 0 Å². The van der Waals surface area contributed by atoms with E-state index >= 15 is 0 Å². The maximum absolute atomic E-state index is 11.3. The monoisotopic (exact) mass is 371 g/mol. The Bertz CT molecular complexity index is 648. The number of aromatic amines is 1. The zero-order chi connectivity index (χ0) is 19.3. The molecule has 0 saturated carbocycles. The van der Waals surface area contributed by atoms with E-state index in [2.05, 4.69) is 41.0 Å². The number of aromatic nitrogens is 2. The van der Waals surface area contributed by atoms with E-state index in [1.807, 2.05) is 6.07 Å². The summed E-state index contributed by atoms with van der Waals surface area (Å²) < 4.78 is 0. The quantitative estimate of drug-likeness (QED) is 0.506. The van der Waals surface area contributed by atoms with Gasteiger partial charge in [0.15, 0.2) is 0 Å². The van der Waals surface area contributed by atoms with Gasteiger partial charge in [0.05, 0.1) is 5.69 Å². The number of piperidine rings is 1. The Morgan fingerprint density at radius 1 is 1.15 bits per heavy atom. The van der Waals surface area contributed by atoms with Gasteiger partial charge in [0, 0.05) is 31.1 Å². The molecule has 0 unspecified atom stereocenters. The number of nitrogens with one attached hydrogen (secondary N) is 1. The second-order valence-corrected chi connectivity index (χ2v) is 7.59. The Kier molecular flexibility index (Phi) is 9.96. The van der Waals surface area contributed by atoms with Gasteiger partial charge in [0.2, 0.25) is 0 Å². The highest BCUT2D eigenvalue weighted by atomic mass is 16.1. The SMILES string of the molecule is CCCCCC(CCCCC)=C1CCCCN1C=CCc1cc[nH]c(=O)n1. The summed E-state index contributed by atoms with van der Waals surface area (Å²) in [5.41, 5.74) is 3.82. The Hall–Kier alpha value is -1.84. The fourth-order valence-electron chi connectivity index (χ4n) is 3.81. The number of nitrogens with zero attached hydrogens (tertiary/aromatic N) is 2. The molecule has 150 valence electrons. The van der Waals surface area contributed by atoms with Gasteiger partial charge in [0.25, 0.3) is 0 Å². The van der Waals surface area contributed by atoms with E-state index in [1.165, 1.54) is 70.6 Å². The van der Waals surface area contributed by atoms with Gasteiger partial charge >= 0.3 is 5.69 Å². The van der Waals surface area contributed by atoms with E-state index in [0.29, 0.717) is 6.42 Å². The highest BCUT2D eigenvalue weighted by molar-refractivity contribution is 5.18. The normalized spacial score (nSPS) is 14.9. The third kappa shape index (κ3) is 7.74. The van der Waals surface area contributed by atoms with E-state index < -0.39 is 0 Å². The summed E-state index contributed by atoms with van der Waals surface area (Å²) in [6, 6.07) is 1.87. The number of allylic oxidation sites excluding steroid dienone is 3. The number of unbranched alkanes of at least 4 members (excludes halogenated alkanes) is 4. The third-order valence-corrected chi connectivity index (χ3v) is 5.32. The van der Waals surface area contributed by atoms with Gasteiger partial charge < -0.3 is 9.88 Å². The number of H-pyrrole nitrogens is 1. The van der Waals surface area contributed by atoms with Crippen molar-refractivity contribution in [3.63, 3.8) is 0 Å². The Labute approximate surface area is 164 Å². The molecule has 27 heavy (non-hydrogen) atoms. The summed E-state index contributed by atoms with van der Waals surface area (Å²) in [5.74, 6) is 0. The molecule has 2 rings (SSSR count). The molecule has 1 aliphatic heterocycles. The largest absolute Gasteiger partial charge is 0.352 e. The van der Waals surface area contributed by atoms with E-state index in [-0.39, 0.29) is 5.69 Å². The lowest BCUT2D eigenvalue weighted by molar-refractivity contribution is 0.368. The second-order valence-electron chi connectivity index (χ2n) is 7.59. The molecule has 0 atom stereocenters. The first-order valence-corrected chi connectivity index (χ1v) is 10.9. The summed E-state index contributed by atoms with van der Waals surface area (Å²) in [7, 11) is 0. The van der Waals surface area contributed by atoms with Crippen LogP contribution in [-0.4, -0.2) is 21.4 Å². The smallest absolute Gasteiger partial charge is 0.345 e. The first-order valence-electron chi connectivity index (χ1n) is 10.9. The lowest BCUT2D eigenvalue weighted by Crippen LogP contribution is -2.24. The van der Waals surface area contributed by atoms with Crippen molar-refractivity contribution in [1.29, 1.82) is 0 Å². The summed E-state index contributed by atoms with van der Waals surface area (Å²) in [4.78, 5) is 20.4. The molecule has 0 amide bonds. The van der Waals surface area contributed by atoms with Gasteiger partial charge in [-0.25, -0.2) is 4.79 Å². The van der Waals surface area contributed by atoms with Gasteiger partial charge in [-0.1, -0.05) is 51.2 Å². The molecule has 0 bridgehead atoms. The van der Waals surface area contributed by atoms with Gasteiger partial charge in [-0.15, -0.1) is 0 Å². The van der Waals surface area contributed by atoms with E-state index in [0.717, 1.165) is 12.2 Å². The zero-order valence-corrected chi connectivity index (χ0v) is 17.3. The summed E-state index contributed by atoms with van der Waals surface area (Å²) in [6.45, 7) is 5.67. The van der Waals surface area contributed by atoms with E-state index in [4.69, 9.17) is 0 Å². The number of hydrogen-bond donors (Lipinski definition) is 1. The molecule has 1 N–H and O–H groups in total. The maximum atomic E-state index is 11.3. The van der Waals surface area contributed by atoms with Gasteiger partial charge in [-0.2, -0.15) is 4.98 Å². The molecule has 0 aliphatic carbocycles. The van der Waals surface area contributed by atoms with Crippen molar-refractivity contribution < 1.29 is 0 Å². The molecule has 1 saturated heterocycles. The lowest BCUT2D eigenvalue weighted by Gasteiger charge is -2.31. The number of hydrogen-bond acceptors (Lipinski definition) is 3. The van der Waals surface area contributed by atoms with Gasteiger partial charge in [-0.3, -0.25) is 0 Å². The molecule has 1 fully saturated rings. The standard InChI is InChI=1S/C23H37N3O/c1-3-5-7-12-20(13-8-6-4-2)22-15-9-10-18-26(22)19-11-14-21-16-17-24-23(27)25-21/h11,16-17,19H,3-10,12-15,18H2,1-2H3,(H,24,25,27). The van der Waals surface area contributed by atoms with Crippen molar-refractivity contribution >= 4 is 0 Å². The van der Waals surface area contributed by atoms with Crippen LogP contribution in [0, 0.1) is 0 Å². The van der Waals surface area contributed by atoms with Crippen LogP contribution in [0.15, 0.2) is 40.6 Å². The Morgan fingerprint density at radius 2 is 1.89 bits per heavy atom. The molecular formula is C23H37N3O. The molecular weight excluding hydrogens is 334 g/mol. The molecule has 4 heteroatoms. The average Bonchev–Trinajstić information content (AvgIpc) is 2.68. The lowest BCUT2D eigenvalue weighted by atomic mass is 9.94. The van der Waals surface area contributed by atoms with Crippen molar-refractivity contribution in [2.24, 2.45) is 0 Å². The Morgan fingerprint density at radius 3 is 2.56 bits per heavy atom. The van der Waals surface area contributed by atoms with Gasteiger partial charge in [-0.05, 0) is 51.0 Å². The fraction of sp³-hybridized carbons (Fsp3) is 0.652. The van der Waals surface area contributed by atoms with Crippen LogP contribution < -0.4 is 5.69 Å². The maximum Gasteiger partial charge on any atom is 0.345 e. The number of likely N-dealkylation sites (tertiary alicyclic amines) is 1. The fourth-order valence-corrected chi connectivity index (χ4v) is 3.81. The molecule has 4 nitrogen and oxygen atoms in total. The first kappa shape index (κ1) is 21.5. The first-order chi connectivity index (χ1) is 13.2. The van der Waals surface area contributed by atoms with Gasteiger partial charge in [0.1, 0.15) is 0 Å². The van der Waals surface area contributed by atoms with Crippen molar-refractivity contribution in [3.05, 3.63) is 52.0 Å². The predicted octanol–water partition coefficient (Wildman–Crippen LogP) is 5.73. The molecule has 0 aromatic carbocycles.